The molecule has 3 atom stereocenters. The lowest BCUT2D eigenvalue weighted by Crippen LogP contribution is -2.39. The Morgan fingerprint density at radius 1 is 1.03 bits per heavy atom. The molecule has 4 heteroatoms. The van der Waals surface area contributed by atoms with Crippen LogP contribution < -0.4 is 0 Å². The lowest BCUT2D eigenvalue weighted by molar-refractivity contribution is -0.127. The van der Waals surface area contributed by atoms with Gasteiger partial charge in [0.25, 0.3) is 0 Å². The summed E-state index contributed by atoms with van der Waals surface area (Å²) >= 11 is 0. The molecule has 1 heterocycles. The minimum absolute atomic E-state index is 0.0906. The molecule has 2 aromatic carbocycles. The van der Waals surface area contributed by atoms with Crippen molar-refractivity contribution in [2.45, 2.75) is 32.7 Å². The van der Waals surface area contributed by atoms with Gasteiger partial charge >= 0.3 is 0 Å². The third kappa shape index (κ3) is 3.16. The predicted molar refractivity (Wildman–Crippen MR) is 121 cm³/mol. The number of fused-ring (bicyclic) bond motifs is 2. The molecule has 0 aromatic heterocycles. The number of hydrogen-bond acceptors (Lipinski definition) is 4. The van der Waals surface area contributed by atoms with Gasteiger partial charge in [0, 0.05) is 18.5 Å². The SMILES string of the molecule is CC1C(=O)C(C#N)CC2=C3C(=C(c4ccccc4)N(C)N3Cc3ccccc3)CCC21. The molecule has 4 nitrogen and oxygen atoms in total. The summed E-state index contributed by atoms with van der Waals surface area (Å²) in [7, 11) is 2.14. The van der Waals surface area contributed by atoms with Crippen molar-refractivity contribution in [3.8, 4) is 6.07 Å². The maximum Gasteiger partial charge on any atom is 0.153 e. The van der Waals surface area contributed by atoms with Crippen LogP contribution in [0.5, 0.6) is 0 Å². The first-order valence-electron chi connectivity index (χ1n) is 11.1. The molecule has 0 spiro atoms. The molecule has 5 rings (SSSR count). The third-order valence-corrected chi connectivity index (χ3v) is 7.17. The van der Waals surface area contributed by atoms with Crippen LogP contribution in [0.25, 0.3) is 5.70 Å². The van der Waals surface area contributed by atoms with Gasteiger partial charge in [-0.05, 0) is 41.9 Å². The third-order valence-electron chi connectivity index (χ3n) is 7.17. The van der Waals surface area contributed by atoms with Gasteiger partial charge in [-0.25, -0.2) is 0 Å². The molecule has 2 aliphatic carbocycles. The molecular weight excluding hydrogens is 382 g/mol. The van der Waals surface area contributed by atoms with E-state index in [1.165, 1.54) is 33.7 Å². The Hall–Kier alpha value is -3.32. The number of benzene rings is 2. The number of Topliss-reactive ketones (excluding diaryl/α,β-unsaturated/α-hetero) is 1. The van der Waals surface area contributed by atoms with Gasteiger partial charge < -0.3 is 0 Å². The number of hydrogen-bond donors (Lipinski definition) is 0. The highest BCUT2D eigenvalue weighted by Crippen LogP contribution is 2.52. The normalized spacial score (nSPS) is 25.5. The topological polar surface area (TPSA) is 47.3 Å². The van der Waals surface area contributed by atoms with E-state index >= 15 is 0 Å². The van der Waals surface area contributed by atoms with E-state index in [-0.39, 0.29) is 17.6 Å². The average Bonchev–Trinajstić information content (AvgIpc) is 3.09. The van der Waals surface area contributed by atoms with Crippen LogP contribution in [0, 0.1) is 29.1 Å². The zero-order valence-electron chi connectivity index (χ0n) is 18.1. The monoisotopic (exact) mass is 409 g/mol. The molecule has 31 heavy (non-hydrogen) atoms. The minimum Gasteiger partial charge on any atom is -0.298 e. The van der Waals surface area contributed by atoms with E-state index in [9.17, 15) is 10.1 Å². The second-order valence-corrected chi connectivity index (χ2v) is 8.86. The van der Waals surface area contributed by atoms with Crippen LogP contribution in [-0.2, 0) is 11.3 Å². The number of nitrogens with zero attached hydrogens (tertiary/aromatic N) is 3. The van der Waals surface area contributed by atoms with E-state index in [1.807, 2.05) is 19.1 Å². The number of nitriles is 1. The summed E-state index contributed by atoms with van der Waals surface area (Å²) in [5.41, 5.74) is 7.61. The molecular formula is C27H27N3O. The smallest absolute Gasteiger partial charge is 0.153 e. The van der Waals surface area contributed by atoms with Gasteiger partial charge in [-0.15, -0.1) is 0 Å². The largest absolute Gasteiger partial charge is 0.298 e. The van der Waals surface area contributed by atoms with Gasteiger partial charge in [-0.2, -0.15) is 5.26 Å². The van der Waals surface area contributed by atoms with Crippen LogP contribution in [0.15, 0.2) is 77.5 Å². The van der Waals surface area contributed by atoms with E-state index < -0.39 is 5.92 Å². The molecule has 0 amide bonds. The van der Waals surface area contributed by atoms with Crippen LogP contribution in [0.2, 0.25) is 0 Å². The van der Waals surface area contributed by atoms with Crippen molar-refractivity contribution in [2.75, 3.05) is 7.05 Å². The van der Waals surface area contributed by atoms with Crippen molar-refractivity contribution in [1.29, 1.82) is 5.26 Å². The molecule has 1 fully saturated rings. The summed E-state index contributed by atoms with van der Waals surface area (Å²) < 4.78 is 0. The molecule has 1 aliphatic heterocycles. The molecule has 2 aromatic rings. The summed E-state index contributed by atoms with van der Waals surface area (Å²) in [5, 5.41) is 14.3. The van der Waals surface area contributed by atoms with Gasteiger partial charge in [0.15, 0.2) is 5.78 Å². The standard InChI is InChI=1S/C27H27N3O/c1-18-22-13-14-23-25(20-11-7-4-8-12-20)29(2)30(17-19-9-5-3-6-10-19)26(23)24(22)15-21(16-28)27(18)31/h3-12,18,21-22H,13-15,17H2,1-2H3. The Bertz CT molecular complexity index is 1110. The Kier molecular flexibility index (Phi) is 4.90. The summed E-state index contributed by atoms with van der Waals surface area (Å²) in [6.07, 6.45) is 2.49. The molecule has 3 unspecified atom stereocenters. The molecule has 156 valence electrons. The highest BCUT2D eigenvalue weighted by Gasteiger charge is 2.46. The summed E-state index contributed by atoms with van der Waals surface area (Å²) in [4.78, 5) is 12.7. The fourth-order valence-electron chi connectivity index (χ4n) is 5.62. The van der Waals surface area contributed by atoms with Crippen molar-refractivity contribution in [3.63, 3.8) is 0 Å². The molecule has 0 radical (unpaired) electrons. The van der Waals surface area contributed by atoms with Crippen LogP contribution in [-0.4, -0.2) is 22.8 Å². The number of carbonyl (C=O) groups is 1. The Morgan fingerprint density at radius 3 is 2.39 bits per heavy atom. The Labute approximate surface area is 184 Å². The highest BCUT2D eigenvalue weighted by atomic mass is 16.1. The van der Waals surface area contributed by atoms with Crippen LogP contribution >= 0.6 is 0 Å². The van der Waals surface area contributed by atoms with Crippen molar-refractivity contribution in [2.24, 2.45) is 17.8 Å². The molecule has 0 saturated heterocycles. The highest BCUT2D eigenvalue weighted by molar-refractivity contribution is 5.88. The first-order chi connectivity index (χ1) is 15.1. The first-order valence-corrected chi connectivity index (χ1v) is 11.1. The molecule has 1 saturated carbocycles. The fourth-order valence-corrected chi connectivity index (χ4v) is 5.62. The van der Waals surface area contributed by atoms with Crippen molar-refractivity contribution in [1.82, 2.24) is 10.0 Å². The van der Waals surface area contributed by atoms with Crippen molar-refractivity contribution < 1.29 is 4.79 Å². The maximum atomic E-state index is 12.7. The molecule has 3 aliphatic rings. The quantitative estimate of drug-likeness (QED) is 0.701. The number of allylic oxidation sites excluding steroid dienone is 2. The van der Waals surface area contributed by atoms with Gasteiger partial charge in [-0.1, -0.05) is 67.6 Å². The van der Waals surface area contributed by atoms with Crippen molar-refractivity contribution >= 4 is 11.5 Å². The molecule has 0 bridgehead atoms. The van der Waals surface area contributed by atoms with Gasteiger partial charge in [0.2, 0.25) is 0 Å². The number of hydrazine groups is 1. The van der Waals surface area contributed by atoms with Gasteiger partial charge in [-0.3, -0.25) is 14.8 Å². The Morgan fingerprint density at radius 2 is 1.71 bits per heavy atom. The average molecular weight is 410 g/mol. The van der Waals surface area contributed by atoms with E-state index in [0.717, 1.165) is 19.4 Å². The number of ketones is 1. The molecule has 0 N–H and O–H groups in total. The summed E-state index contributed by atoms with van der Waals surface area (Å²) in [5.74, 6) is -0.268. The van der Waals surface area contributed by atoms with E-state index in [1.54, 1.807) is 0 Å². The lowest BCUT2D eigenvalue weighted by atomic mass is 9.65. The predicted octanol–water partition coefficient (Wildman–Crippen LogP) is 5.17. The zero-order valence-corrected chi connectivity index (χ0v) is 18.1. The second-order valence-electron chi connectivity index (χ2n) is 8.86. The second kappa shape index (κ2) is 7.74. The maximum absolute atomic E-state index is 12.7. The Balaban J connectivity index is 1.67. The van der Waals surface area contributed by atoms with Crippen LogP contribution in [0.3, 0.4) is 0 Å². The van der Waals surface area contributed by atoms with Crippen molar-refractivity contribution in [3.05, 3.63) is 88.6 Å². The first kappa shape index (κ1) is 19.6. The fraction of sp³-hybridized carbons (Fsp3) is 0.333. The number of rotatable bonds is 3. The van der Waals surface area contributed by atoms with Gasteiger partial charge in [0.1, 0.15) is 5.92 Å². The summed E-state index contributed by atoms with van der Waals surface area (Å²) in [6, 6.07) is 23.4. The minimum atomic E-state index is -0.530. The van der Waals surface area contributed by atoms with E-state index in [0.29, 0.717) is 6.42 Å². The van der Waals surface area contributed by atoms with E-state index in [4.69, 9.17) is 0 Å². The van der Waals surface area contributed by atoms with Crippen LogP contribution in [0.4, 0.5) is 0 Å². The zero-order chi connectivity index (χ0) is 21.5. The number of carbonyl (C=O) groups excluding carboxylic acids is 1. The summed E-state index contributed by atoms with van der Waals surface area (Å²) in [6.45, 7) is 2.78. The van der Waals surface area contributed by atoms with Gasteiger partial charge in [0.05, 0.1) is 24.0 Å². The van der Waals surface area contributed by atoms with E-state index in [2.05, 4.69) is 71.7 Å². The van der Waals surface area contributed by atoms with Crippen LogP contribution in [0.1, 0.15) is 37.3 Å². The lowest BCUT2D eigenvalue weighted by Gasteiger charge is -2.40.